The van der Waals surface area contributed by atoms with E-state index in [1.54, 1.807) is 30.3 Å². The van der Waals surface area contributed by atoms with Gasteiger partial charge in [-0.2, -0.15) is 0 Å². The molecule has 9 heteroatoms. The Morgan fingerprint density at radius 2 is 1.42 bits per heavy atom. The summed E-state index contributed by atoms with van der Waals surface area (Å²) in [4.78, 5) is 19.0. The van der Waals surface area contributed by atoms with Gasteiger partial charge in [-0.3, -0.25) is 10.1 Å². The Morgan fingerprint density at radius 3 is 2.10 bits per heavy atom. The van der Waals surface area contributed by atoms with Gasteiger partial charge in [0.2, 0.25) is 11.6 Å². The van der Waals surface area contributed by atoms with E-state index >= 15 is 0 Å². The highest BCUT2D eigenvalue weighted by molar-refractivity contribution is 5.76. The van der Waals surface area contributed by atoms with Gasteiger partial charge in [0.1, 0.15) is 23.6 Å². The van der Waals surface area contributed by atoms with Gasteiger partial charge < -0.3 is 15.4 Å². The van der Waals surface area contributed by atoms with Gasteiger partial charge in [-0.05, 0) is 48.5 Å². The van der Waals surface area contributed by atoms with E-state index < -0.39 is 16.4 Å². The molecule has 1 aromatic heterocycles. The molecular weight excluding hydrogens is 401 g/mol. The van der Waals surface area contributed by atoms with Crippen LogP contribution in [0, 0.1) is 15.9 Å². The molecule has 0 bridgehead atoms. The average molecular weight is 417 g/mol. The lowest BCUT2D eigenvalue weighted by molar-refractivity contribution is -0.383. The minimum atomic E-state index is -0.627. The third-order valence-corrected chi connectivity index (χ3v) is 4.23. The summed E-state index contributed by atoms with van der Waals surface area (Å²) < 4.78 is 19.7. The number of rotatable bonds is 7. The lowest BCUT2D eigenvalue weighted by atomic mass is 10.2. The molecule has 0 spiro atoms. The molecular formula is C22H16FN5O3. The highest BCUT2D eigenvalue weighted by Crippen LogP contribution is 2.34. The van der Waals surface area contributed by atoms with Gasteiger partial charge in [0, 0.05) is 5.69 Å². The zero-order chi connectivity index (χ0) is 21.6. The Bertz CT molecular complexity index is 1200. The standard InChI is InChI=1S/C22H16FN5O3/c23-18-8-4-5-9-19(18)27-22-20(28(29)30)21(24-14-25-22)26-15-10-12-17(13-11-15)31-16-6-2-1-3-7-16/h1-14H,(H2,24,25,26,27). The van der Waals surface area contributed by atoms with Crippen molar-refractivity contribution in [3.63, 3.8) is 0 Å². The van der Waals surface area contributed by atoms with E-state index in [9.17, 15) is 14.5 Å². The Kier molecular flexibility index (Phi) is 5.66. The molecule has 0 aliphatic rings. The lowest BCUT2D eigenvalue weighted by Gasteiger charge is -2.11. The van der Waals surface area contributed by atoms with Crippen LogP contribution in [0.2, 0.25) is 0 Å². The first kappa shape index (κ1) is 19.8. The van der Waals surface area contributed by atoms with Gasteiger partial charge in [0.15, 0.2) is 0 Å². The number of ether oxygens (including phenoxy) is 1. The number of halogens is 1. The van der Waals surface area contributed by atoms with E-state index in [0.29, 0.717) is 17.2 Å². The summed E-state index contributed by atoms with van der Waals surface area (Å²) in [7, 11) is 0. The first-order chi connectivity index (χ1) is 15.1. The maximum Gasteiger partial charge on any atom is 0.353 e. The van der Waals surface area contributed by atoms with Crippen LogP contribution >= 0.6 is 0 Å². The number of hydrogen-bond donors (Lipinski definition) is 2. The van der Waals surface area contributed by atoms with Crippen molar-refractivity contribution in [3.05, 3.63) is 101 Å². The first-order valence-corrected chi connectivity index (χ1v) is 9.21. The largest absolute Gasteiger partial charge is 0.457 e. The second-order valence-corrected chi connectivity index (χ2v) is 6.35. The Morgan fingerprint density at radius 1 is 0.806 bits per heavy atom. The number of para-hydroxylation sites is 2. The lowest BCUT2D eigenvalue weighted by Crippen LogP contribution is -2.06. The van der Waals surface area contributed by atoms with Gasteiger partial charge in [-0.25, -0.2) is 14.4 Å². The summed E-state index contributed by atoms with van der Waals surface area (Å²) in [6.45, 7) is 0. The summed E-state index contributed by atoms with van der Waals surface area (Å²) in [5.74, 6) is 0.584. The fourth-order valence-corrected chi connectivity index (χ4v) is 2.79. The normalized spacial score (nSPS) is 10.4. The van der Waals surface area contributed by atoms with Crippen LogP contribution in [0.25, 0.3) is 0 Å². The topological polar surface area (TPSA) is 102 Å². The van der Waals surface area contributed by atoms with Crippen LogP contribution in [0.1, 0.15) is 0 Å². The molecule has 0 fully saturated rings. The molecule has 0 aliphatic heterocycles. The molecule has 0 radical (unpaired) electrons. The molecule has 8 nitrogen and oxygen atoms in total. The average Bonchev–Trinajstić information content (AvgIpc) is 2.77. The molecule has 2 N–H and O–H groups in total. The smallest absolute Gasteiger partial charge is 0.353 e. The molecule has 4 aromatic rings. The molecule has 0 saturated carbocycles. The fourth-order valence-electron chi connectivity index (χ4n) is 2.79. The molecule has 1 heterocycles. The third kappa shape index (κ3) is 4.73. The van der Waals surface area contributed by atoms with Crippen molar-refractivity contribution in [2.24, 2.45) is 0 Å². The SMILES string of the molecule is O=[N+]([O-])c1c(Nc2ccc(Oc3ccccc3)cc2)ncnc1Nc1ccccc1F. The quantitative estimate of drug-likeness (QED) is 0.289. The Labute approximate surface area is 176 Å². The van der Waals surface area contributed by atoms with Gasteiger partial charge in [-0.15, -0.1) is 0 Å². The van der Waals surface area contributed by atoms with E-state index in [4.69, 9.17) is 4.74 Å². The monoisotopic (exact) mass is 417 g/mol. The molecule has 154 valence electrons. The summed E-state index contributed by atoms with van der Waals surface area (Å²) >= 11 is 0. The number of nitrogens with zero attached hydrogens (tertiary/aromatic N) is 3. The van der Waals surface area contributed by atoms with E-state index in [1.165, 1.54) is 18.2 Å². The number of nitro groups is 1. The zero-order valence-electron chi connectivity index (χ0n) is 16.0. The Balaban J connectivity index is 1.57. The van der Waals surface area contributed by atoms with E-state index in [1.807, 2.05) is 30.3 Å². The number of nitrogens with one attached hydrogen (secondary N) is 2. The van der Waals surface area contributed by atoms with Gasteiger partial charge in [-0.1, -0.05) is 30.3 Å². The molecule has 0 amide bonds. The van der Waals surface area contributed by atoms with Crippen LogP contribution in [0.15, 0.2) is 85.2 Å². The highest BCUT2D eigenvalue weighted by atomic mass is 19.1. The first-order valence-electron chi connectivity index (χ1n) is 9.21. The summed E-state index contributed by atoms with van der Waals surface area (Å²) in [6, 6.07) is 22.0. The Hall–Kier alpha value is -4.53. The fraction of sp³-hybridized carbons (Fsp3) is 0. The number of aromatic nitrogens is 2. The number of benzene rings is 3. The van der Waals surface area contributed by atoms with Crippen LogP contribution in [-0.2, 0) is 0 Å². The maximum absolute atomic E-state index is 13.9. The second kappa shape index (κ2) is 8.87. The van der Waals surface area contributed by atoms with Gasteiger partial charge in [0.05, 0.1) is 10.6 Å². The van der Waals surface area contributed by atoms with Gasteiger partial charge in [0.25, 0.3) is 0 Å². The highest BCUT2D eigenvalue weighted by Gasteiger charge is 2.24. The predicted octanol–water partition coefficient (Wildman–Crippen LogP) is 5.80. The van der Waals surface area contributed by atoms with Crippen LogP contribution in [-0.4, -0.2) is 14.9 Å². The van der Waals surface area contributed by atoms with E-state index in [2.05, 4.69) is 20.6 Å². The summed E-state index contributed by atoms with van der Waals surface area (Å²) in [5.41, 5.74) is 0.215. The van der Waals surface area contributed by atoms with Crippen molar-refractivity contribution in [1.29, 1.82) is 0 Å². The van der Waals surface area contributed by atoms with Crippen LogP contribution in [0.4, 0.5) is 33.1 Å². The van der Waals surface area contributed by atoms with Crippen LogP contribution in [0.3, 0.4) is 0 Å². The molecule has 0 atom stereocenters. The van der Waals surface area contributed by atoms with Gasteiger partial charge >= 0.3 is 5.69 Å². The minimum Gasteiger partial charge on any atom is -0.457 e. The van der Waals surface area contributed by atoms with Crippen molar-refractivity contribution in [2.45, 2.75) is 0 Å². The molecule has 31 heavy (non-hydrogen) atoms. The molecule has 0 unspecified atom stereocenters. The zero-order valence-corrected chi connectivity index (χ0v) is 16.0. The summed E-state index contributed by atoms with van der Waals surface area (Å²) in [5, 5.41) is 17.3. The molecule has 0 aliphatic carbocycles. The van der Waals surface area contributed by atoms with E-state index in [0.717, 1.165) is 6.33 Å². The predicted molar refractivity (Wildman–Crippen MR) is 115 cm³/mol. The van der Waals surface area contributed by atoms with Crippen molar-refractivity contribution < 1.29 is 14.1 Å². The summed E-state index contributed by atoms with van der Waals surface area (Å²) in [6.07, 6.45) is 1.16. The van der Waals surface area contributed by atoms with Crippen molar-refractivity contribution in [1.82, 2.24) is 9.97 Å². The van der Waals surface area contributed by atoms with E-state index in [-0.39, 0.29) is 17.3 Å². The number of anilines is 4. The van der Waals surface area contributed by atoms with Crippen molar-refractivity contribution >= 4 is 28.7 Å². The van der Waals surface area contributed by atoms with Crippen molar-refractivity contribution in [2.75, 3.05) is 10.6 Å². The maximum atomic E-state index is 13.9. The minimum absolute atomic E-state index is 0.0319. The molecule has 0 saturated heterocycles. The van der Waals surface area contributed by atoms with Crippen LogP contribution < -0.4 is 15.4 Å². The van der Waals surface area contributed by atoms with Crippen molar-refractivity contribution in [3.8, 4) is 11.5 Å². The molecule has 4 rings (SSSR count). The number of hydrogen-bond acceptors (Lipinski definition) is 7. The second-order valence-electron chi connectivity index (χ2n) is 6.35. The van der Waals surface area contributed by atoms with Crippen LogP contribution in [0.5, 0.6) is 11.5 Å². The third-order valence-electron chi connectivity index (χ3n) is 4.23. The molecule has 3 aromatic carbocycles.